The lowest BCUT2D eigenvalue weighted by Crippen LogP contribution is -2.34. The van der Waals surface area contributed by atoms with E-state index in [-0.39, 0.29) is 19.1 Å². The number of amides is 1. The van der Waals surface area contributed by atoms with E-state index < -0.39 is 0 Å². The first-order chi connectivity index (χ1) is 13.0. The topological polar surface area (TPSA) is 76.2 Å². The van der Waals surface area contributed by atoms with Crippen molar-refractivity contribution < 1.29 is 9.90 Å². The molecule has 1 N–H and O–H groups in total. The summed E-state index contributed by atoms with van der Waals surface area (Å²) in [5, 5.41) is 13.7. The Morgan fingerprint density at radius 3 is 2.78 bits per heavy atom. The highest BCUT2D eigenvalue weighted by molar-refractivity contribution is 5.95. The van der Waals surface area contributed by atoms with Gasteiger partial charge in [-0.2, -0.15) is 5.10 Å². The van der Waals surface area contributed by atoms with Gasteiger partial charge in [0.05, 0.1) is 19.3 Å². The van der Waals surface area contributed by atoms with Crippen molar-refractivity contribution in [3.8, 4) is 11.1 Å². The number of aryl methyl sites for hydroxylation is 2. The van der Waals surface area contributed by atoms with Crippen LogP contribution in [0, 0.1) is 0 Å². The van der Waals surface area contributed by atoms with Crippen molar-refractivity contribution in [2.45, 2.75) is 19.9 Å². The largest absolute Gasteiger partial charge is 0.395 e. The summed E-state index contributed by atoms with van der Waals surface area (Å²) in [6.07, 6.45) is 6.24. The SMILES string of the molecule is CCc1c(-c2cccc(C(=O)N(CCO)Cc3nccn3C)c2)cnn1C. The Morgan fingerprint density at radius 2 is 2.11 bits per heavy atom. The zero-order chi connectivity index (χ0) is 19.4. The molecule has 0 atom stereocenters. The Labute approximate surface area is 158 Å². The van der Waals surface area contributed by atoms with E-state index in [9.17, 15) is 9.90 Å². The fourth-order valence-corrected chi connectivity index (χ4v) is 3.22. The molecule has 0 aliphatic rings. The molecule has 2 aromatic heterocycles. The zero-order valence-corrected chi connectivity index (χ0v) is 16.0. The summed E-state index contributed by atoms with van der Waals surface area (Å²) in [6.45, 7) is 2.59. The first-order valence-corrected chi connectivity index (χ1v) is 9.02. The van der Waals surface area contributed by atoms with Crippen LogP contribution in [0.15, 0.2) is 42.9 Å². The zero-order valence-electron chi connectivity index (χ0n) is 16.0. The maximum atomic E-state index is 13.1. The highest BCUT2D eigenvalue weighted by Crippen LogP contribution is 2.25. The van der Waals surface area contributed by atoms with Gasteiger partial charge in [0.1, 0.15) is 5.82 Å². The van der Waals surface area contributed by atoms with E-state index in [4.69, 9.17) is 0 Å². The molecule has 1 aromatic carbocycles. The monoisotopic (exact) mass is 367 g/mol. The lowest BCUT2D eigenvalue weighted by Gasteiger charge is -2.22. The van der Waals surface area contributed by atoms with Gasteiger partial charge >= 0.3 is 0 Å². The minimum atomic E-state index is -0.129. The van der Waals surface area contributed by atoms with Crippen LogP contribution < -0.4 is 0 Å². The average Bonchev–Trinajstić information content (AvgIpc) is 3.26. The van der Waals surface area contributed by atoms with Gasteiger partial charge in [-0.25, -0.2) is 4.98 Å². The fourth-order valence-electron chi connectivity index (χ4n) is 3.22. The first-order valence-electron chi connectivity index (χ1n) is 9.02. The van der Waals surface area contributed by atoms with Crippen LogP contribution in [0.25, 0.3) is 11.1 Å². The van der Waals surface area contributed by atoms with E-state index in [1.165, 1.54) is 0 Å². The predicted molar refractivity (Wildman–Crippen MR) is 103 cm³/mol. The van der Waals surface area contributed by atoms with Crippen LogP contribution in [0.1, 0.15) is 28.8 Å². The summed E-state index contributed by atoms with van der Waals surface area (Å²) in [7, 11) is 3.81. The van der Waals surface area contributed by atoms with E-state index >= 15 is 0 Å². The molecule has 0 unspecified atom stereocenters. The number of hydrogen-bond acceptors (Lipinski definition) is 4. The van der Waals surface area contributed by atoms with Crippen molar-refractivity contribution >= 4 is 5.91 Å². The molecule has 3 aromatic rings. The van der Waals surface area contributed by atoms with Crippen LogP contribution in [0.4, 0.5) is 0 Å². The minimum absolute atomic E-state index is 0.0988. The molecule has 0 saturated carbocycles. The number of benzene rings is 1. The van der Waals surface area contributed by atoms with Gasteiger partial charge in [-0.15, -0.1) is 0 Å². The van der Waals surface area contributed by atoms with Crippen LogP contribution in [-0.4, -0.2) is 48.4 Å². The van der Waals surface area contributed by atoms with Crippen molar-refractivity contribution in [2.24, 2.45) is 14.1 Å². The second-order valence-corrected chi connectivity index (χ2v) is 6.47. The molecule has 0 aliphatic heterocycles. The van der Waals surface area contributed by atoms with Gasteiger partial charge in [-0.05, 0) is 24.1 Å². The molecule has 3 rings (SSSR count). The van der Waals surface area contributed by atoms with Gasteiger partial charge in [0.25, 0.3) is 5.91 Å². The number of imidazole rings is 1. The van der Waals surface area contributed by atoms with Gasteiger partial charge in [0.2, 0.25) is 0 Å². The fraction of sp³-hybridized carbons (Fsp3) is 0.350. The number of aliphatic hydroxyl groups excluding tert-OH is 1. The number of aromatic nitrogens is 4. The number of aliphatic hydroxyl groups is 1. The van der Waals surface area contributed by atoms with Crippen molar-refractivity contribution in [3.63, 3.8) is 0 Å². The van der Waals surface area contributed by atoms with Gasteiger partial charge < -0.3 is 14.6 Å². The lowest BCUT2D eigenvalue weighted by molar-refractivity contribution is 0.0701. The van der Waals surface area contributed by atoms with Crippen molar-refractivity contribution in [3.05, 3.63) is 59.9 Å². The minimum Gasteiger partial charge on any atom is -0.395 e. The van der Waals surface area contributed by atoms with E-state index in [0.29, 0.717) is 12.1 Å². The highest BCUT2D eigenvalue weighted by atomic mass is 16.3. The van der Waals surface area contributed by atoms with E-state index in [1.54, 1.807) is 17.2 Å². The second kappa shape index (κ2) is 8.18. The molecular weight excluding hydrogens is 342 g/mol. The molecule has 0 radical (unpaired) electrons. The van der Waals surface area contributed by atoms with E-state index in [2.05, 4.69) is 17.0 Å². The third-order valence-electron chi connectivity index (χ3n) is 4.73. The molecule has 27 heavy (non-hydrogen) atoms. The molecule has 0 fully saturated rings. The number of rotatable bonds is 7. The number of nitrogens with zero attached hydrogens (tertiary/aromatic N) is 5. The Hall–Kier alpha value is -2.93. The summed E-state index contributed by atoms with van der Waals surface area (Å²) < 4.78 is 3.74. The standard InChI is InChI=1S/C20H25N5O2/c1-4-18-17(13-22-24(18)3)15-6-5-7-16(12-15)20(27)25(10-11-26)14-19-21-8-9-23(19)2/h5-9,12-13,26H,4,10-11,14H2,1-3H3. The summed E-state index contributed by atoms with van der Waals surface area (Å²) in [4.78, 5) is 19.0. The normalized spacial score (nSPS) is 11.0. The van der Waals surface area contributed by atoms with Crippen LogP contribution in [-0.2, 0) is 27.1 Å². The van der Waals surface area contributed by atoms with Crippen LogP contribution in [0.3, 0.4) is 0 Å². The third kappa shape index (κ3) is 3.93. The summed E-state index contributed by atoms with van der Waals surface area (Å²) in [6, 6.07) is 7.56. The van der Waals surface area contributed by atoms with Gasteiger partial charge in [0, 0.05) is 49.9 Å². The molecule has 0 spiro atoms. The Morgan fingerprint density at radius 1 is 1.30 bits per heavy atom. The molecule has 7 nitrogen and oxygen atoms in total. The van der Waals surface area contributed by atoms with E-state index in [1.807, 2.05) is 53.9 Å². The van der Waals surface area contributed by atoms with Crippen molar-refractivity contribution in [2.75, 3.05) is 13.2 Å². The number of carbonyl (C=O) groups is 1. The molecule has 0 aliphatic carbocycles. The third-order valence-corrected chi connectivity index (χ3v) is 4.73. The highest BCUT2D eigenvalue weighted by Gasteiger charge is 2.19. The molecule has 142 valence electrons. The smallest absolute Gasteiger partial charge is 0.254 e. The predicted octanol–water partition coefficient (Wildman–Crippen LogP) is 2.02. The van der Waals surface area contributed by atoms with Crippen molar-refractivity contribution in [1.29, 1.82) is 0 Å². The Balaban J connectivity index is 1.90. The molecule has 0 bridgehead atoms. The first kappa shape index (κ1) is 18.8. The Bertz CT molecular complexity index is 928. The quantitative estimate of drug-likeness (QED) is 0.693. The average molecular weight is 367 g/mol. The van der Waals surface area contributed by atoms with Crippen LogP contribution in [0.5, 0.6) is 0 Å². The maximum absolute atomic E-state index is 13.1. The van der Waals surface area contributed by atoms with Crippen LogP contribution >= 0.6 is 0 Å². The molecular formula is C20H25N5O2. The lowest BCUT2D eigenvalue weighted by atomic mass is 10.0. The molecule has 2 heterocycles. The van der Waals surface area contributed by atoms with Gasteiger partial charge in [-0.1, -0.05) is 19.1 Å². The van der Waals surface area contributed by atoms with E-state index in [0.717, 1.165) is 29.1 Å². The number of carbonyl (C=O) groups excluding carboxylic acids is 1. The Kier molecular flexibility index (Phi) is 5.71. The van der Waals surface area contributed by atoms with Crippen LogP contribution in [0.2, 0.25) is 0 Å². The summed E-state index contributed by atoms with van der Waals surface area (Å²) >= 11 is 0. The summed E-state index contributed by atoms with van der Waals surface area (Å²) in [5.74, 6) is 0.643. The number of hydrogen-bond donors (Lipinski definition) is 1. The molecule has 7 heteroatoms. The molecule has 1 amide bonds. The summed E-state index contributed by atoms with van der Waals surface area (Å²) in [5.41, 5.74) is 3.71. The van der Waals surface area contributed by atoms with Gasteiger partial charge in [0.15, 0.2) is 0 Å². The van der Waals surface area contributed by atoms with Gasteiger partial charge in [-0.3, -0.25) is 9.48 Å². The maximum Gasteiger partial charge on any atom is 0.254 e. The van der Waals surface area contributed by atoms with Crippen molar-refractivity contribution in [1.82, 2.24) is 24.2 Å². The second-order valence-electron chi connectivity index (χ2n) is 6.47. The molecule has 0 saturated heterocycles.